The molecule has 3 rings (SSSR count). The van der Waals surface area contributed by atoms with Gasteiger partial charge in [-0.3, -0.25) is 4.57 Å². The van der Waals surface area contributed by atoms with Gasteiger partial charge in [-0.25, -0.2) is 4.98 Å². The van der Waals surface area contributed by atoms with Gasteiger partial charge in [0.15, 0.2) is 0 Å². The van der Waals surface area contributed by atoms with Crippen LogP contribution in [0.3, 0.4) is 0 Å². The first-order valence-electron chi connectivity index (χ1n) is 7.22. The number of fused-ring (bicyclic) bond motifs is 1. The van der Waals surface area contributed by atoms with Crippen molar-refractivity contribution in [2.45, 2.75) is 33.1 Å². The van der Waals surface area contributed by atoms with Gasteiger partial charge in [0.1, 0.15) is 5.82 Å². The number of nitrogens with two attached hydrogens (primary N) is 1. The second-order valence-corrected chi connectivity index (χ2v) is 6.54. The molecule has 0 unspecified atom stereocenters. The molecule has 0 saturated carbocycles. The summed E-state index contributed by atoms with van der Waals surface area (Å²) in [6.45, 7) is 8.70. The first kappa shape index (κ1) is 13.7. The van der Waals surface area contributed by atoms with E-state index in [0.29, 0.717) is 0 Å². The van der Waals surface area contributed by atoms with E-state index in [-0.39, 0.29) is 5.41 Å². The fourth-order valence-corrected chi connectivity index (χ4v) is 2.65. The Hall–Kier alpha value is -2.29. The summed E-state index contributed by atoms with van der Waals surface area (Å²) in [6, 6.07) is 14.6. The van der Waals surface area contributed by atoms with Crippen molar-refractivity contribution in [3.05, 3.63) is 53.9 Å². The lowest BCUT2D eigenvalue weighted by Crippen LogP contribution is -2.11. The fraction of sp³-hybridized carbons (Fsp3) is 0.278. The van der Waals surface area contributed by atoms with Crippen LogP contribution < -0.4 is 5.73 Å². The first-order chi connectivity index (χ1) is 9.86. The molecule has 0 spiro atoms. The van der Waals surface area contributed by atoms with Gasteiger partial charge in [0.05, 0.1) is 11.0 Å². The maximum Gasteiger partial charge on any atom is 0.111 e. The molecular weight excluding hydrogens is 258 g/mol. The standard InChI is InChI=1S/C18H21N3/c1-12-20-16-11-14(19)7-10-17(16)21(12)15-8-5-13(6-9-15)18(2,3)4/h5-11H,19H2,1-4H3. The second kappa shape index (κ2) is 4.62. The normalized spacial score (nSPS) is 12.0. The smallest absolute Gasteiger partial charge is 0.111 e. The number of benzene rings is 2. The Labute approximate surface area is 125 Å². The zero-order valence-corrected chi connectivity index (χ0v) is 13.0. The minimum Gasteiger partial charge on any atom is -0.399 e. The molecule has 0 amide bonds. The maximum atomic E-state index is 5.84. The number of nitrogens with zero attached hydrogens (tertiary/aromatic N) is 2. The van der Waals surface area contributed by atoms with Gasteiger partial charge in [0.25, 0.3) is 0 Å². The first-order valence-corrected chi connectivity index (χ1v) is 7.22. The molecule has 21 heavy (non-hydrogen) atoms. The highest BCUT2D eigenvalue weighted by atomic mass is 15.1. The highest BCUT2D eigenvalue weighted by Gasteiger charge is 2.14. The topological polar surface area (TPSA) is 43.8 Å². The van der Waals surface area contributed by atoms with Gasteiger partial charge >= 0.3 is 0 Å². The summed E-state index contributed by atoms with van der Waals surface area (Å²) >= 11 is 0. The summed E-state index contributed by atoms with van der Waals surface area (Å²) in [6.07, 6.45) is 0. The van der Waals surface area contributed by atoms with E-state index in [1.54, 1.807) is 0 Å². The predicted molar refractivity (Wildman–Crippen MR) is 88.9 cm³/mol. The minimum absolute atomic E-state index is 0.166. The van der Waals surface area contributed by atoms with E-state index >= 15 is 0 Å². The molecule has 0 saturated heterocycles. The van der Waals surface area contributed by atoms with Gasteiger partial charge in [0.2, 0.25) is 0 Å². The van der Waals surface area contributed by atoms with Crippen molar-refractivity contribution in [1.82, 2.24) is 9.55 Å². The summed E-state index contributed by atoms with van der Waals surface area (Å²) in [4.78, 5) is 4.60. The highest BCUT2D eigenvalue weighted by molar-refractivity contribution is 5.81. The average Bonchev–Trinajstić information content (AvgIpc) is 2.73. The molecule has 0 bridgehead atoms. The van der Waals surface area contributed by atoms with Gasteiger partial charge in [-0.2, -0.15) is 0 Å². The lowest BCUT2D eigenvalue weighted by molar-refractivity contribution is 0.590. The average molecular weight is 279 g/mol. The number of aromatic nitrogens is 2. The van der Waals surface area contributed by atoms with Crippen LogP contribution in [0.15, 0.2) is 42.5 Å². The van der Waals surface area contributed by atoms with Crippen molar-refractivity contribution in [3.63, 3.8) is 0 Å². The molecule has 0 aliphatic heterocycles. The molecule has 0 aliphatic rings. The van der Waals surface area contributed by atoms with Gasteiger partial charge in [-0.05, 0) is 48.2 Å². The number of hydrogen-bond donors (Lipinski definition) is 1. The number of anilines is 1. The molecule has 2 aromatic carbocycles. The monoisotopic (exact) mass is 279 g/mol. The molecule has 0 atom stereocenters. The molecule has 108 valence electrons. The lowest BCUT2D eigenvalue weighted by atomic mass is 9.87. The van der Waals surface area contributed by atoms with Crippen LogP contribution in [0.5, 0.6) is 0 Å². The number of nitrogen functional groups attached to an aromatic ring is 1. The quantitative estimate of drug-likeness (QED) is 0.678. The summed E-state index contributed by atoms with van der Waals surface area (Å²) in [5.41, 5.74) is 11.2. The van der Waals surface area contributed by atoms with Gasteiger partial charge in [-0.1, -0.05) is 32.9 Å². The zero-order chi connectivity index (χ0) is 15.2. The van der Waals surface area contributed by atoms with Crippen LogP contribution in [0, 0.1) is 6.92 Å². The third-order valence-electron chi connectivity index (χ3n) is 3.84. The third kappa shape index (κ3) is 2.40. The molecule has 0 aliphatic carbocycles. The number of aryl methyl sites for hydroxylation is 1. The summed E-state index contributed by atoms with van der Waals surface area (Å²) in [7, 11) is 0. The highest BCUT2D eigenvalue weighted by Crippen LogP contribution is 2.26. The Morgan fingerprint density at radius 1 is 1.00 bits per heavy atom. The van der Waals surface area contributed by atoms with Crippen molar-refractivity contribution in [2.75, 3.05) is 5.73 Å². The molecule has 1 heterocycles. The van der Waals surface area contributed by atoms with Crippen LogP contribution in [0.25, 0.3) is 16.7 Å². The minimum atomic E-state index is 0.166. The predicted octanol–water partition coefficient (Wildman–Crippen LogP) is 4.21. The van der Waals surface area contributed by atoms with Crippen LogP contribution in [0.2, 0.25) is 0 Å². The van der Waals surface area contributed by atoms with Crippen molar-refractivity contribution >= 4 is 16.7 Å². The van der Waals surface area contributed by atoms with E-state index < -0.39 is 0 Å². The third-order valence-corrected chi connectivity index (χ3v) is 3.84. The largest absolute Gasteiger partial charge is 0.399 e. The van der Waals surface area contributed by atoms with Gasteiger partial charge < -0.3 is 5.73 Å². The number of rotatable bonds is 1. The van der Waals surface area contributed by atoms with Crippen molar-refractivity contribution in [2.24, 2.45) is 0 Å². The molecule has 0 fully saturated rings. The zero-order valence-electron chi connectivity index (χ0n) is 13.0. The molecule has 0 radical (unpaired) electrons. The van der Waals surface area contributed by atoms with E-state index in [1.165, 1.54) is 5.56 Å². The Balaban J connectivity index is 2.14. The van der Waals surface area contributed by atoms with Crippen LogP contribution in [-0.4, -0.2) is 9.55 Å². The van der Waals surface area contributed by atoms with Crippen LogP contribution in [0.1, 0.15) is 32.2 Å². The number of hydrogen-bond acceptors (Lipinski definition) is 2. The molecular formula is C18H21N3. The van der Waals surface area contributed by atoms with E-state index in [2.05, 4.69) is 54.6 Å². The Bertz CT molecular complexity index is 790. The number of imidazole rings is 1. The Morgan fingerprint density at radius 2 is 1.67 bits per heavy atom. The van der Waals surface area contributed by atoms with E-state index in [0.717, 1.165) is 28.2 Å². The van der Waals surface area contributed by atoms with Crippen LogP contribution >= 0.6 is 0 Å². The van der Waals surface area contributed by atoms with Crippen molar-refractivity contribution in [1.29, 1.82) is 0 Å². The van der Waals surface area contributed by atoms with E-state index in [9.17, 15) is 0 Å². The lowest BCUT2D eigenvalue weighted by Gasteiger charge is -2.19. The maximum absolute atomic E-state index is 5.84. The summed E-state index contributed by atoms with van der Waals surface area (Å²) in [5, 5.41) is 0. The molecule has 2 N–H and O–H groups in total. The SMILES string of the molecule is Cc1nc2cc(N)ccc2n1-c1ccc(C(C)(C)C)cc1. The Kier molecular flexibility index (Phi) is 3.01. The second-order valence-electron chi connectivity index (χ2n) is 6.54. The van der Waals surface area contributed by atoms with E-state index in [1.807, 2.05) is 25.1 Å². The molecule has 3 aromatic rings. The fourth-order valence-electron chi connectivity index (χ4n) is 2.65. The molecule has 3 heteroatoms. The van der Waals surface area contributed by atoms with Gasteiger partial charge in [-0.15, -0.1) is 0 Å². The van der Waals surface area contributed by atoms with Crippen molar-refractivity contribution in [3.8, 4) is 5.69 Å². The van der Waals surface area contributed by atoms with E-state index in [4.69, 9.17) is 5.73 Å². The Morgan fingerprint density at radius 3 is 2.29 bits per heavy atom. The molecule has 3 nitrogen and oxygen atoms in total. The summed E-state index contributed by atoms with van der Waals surface area (Å²) < 4.78 is 2.17. The molecule has 1 aromatic heterocycles. The van der Waals surface area contributed by atoms with Gasteiger partial charge in [0, 0.05) is 11.4 Å². The summed E-state index contributed by atoms with van der Waals surface area (Å²) in [5.74, 6) is 0.971. The van der Waals surface area contributed by atoms with Crippen molar-refractivity contribution < 1.29 is 0 Å². The van der Waals surface area contributed by atoms with Crippen LogP contribution in [0.4, 0.5) is 5.69 Å². The van der Waals surface area contributed by atoms with Crippen LogP contribution in [-0.2, 0) is 5.41 Å².